The summed E-state index contributed by atoms with van der Waals surface area (Å²) in [6, 6.07) is 17.5. The van der Waals surface area contributed by atoms with Gasteiger partial charge in [-0.1, -0.05) is 66.7 Å². The molecule has 0 aliphatic carbocycles. The highest BCUT2D eigenvalue weighted by Gasteiger charge is 2.23. The molecule has 1 N–H and O–H groups in total. The van der Waals surface area contributed by atoms with Crippen molar-refractivity contribution in [3.63, 3.8) is 0 Å². The molecule has 164 valence electrons. The van der Waals surface area contributed by atoms with Crippen LogP contribution in [0.25, 0.3) is 0 Å². The second kappa shape index (κ2) is 12.7. The van der Waals surface area contributed by atoms with Crippen LogP contribution >= 0.6 is 0 Å². The van der Waals surface area contributed by atoms with Gasteiger partial charge in [0.05, 0.1) is 12.6 Å². The number of benzene rings is 2. The summed E-state index contributed by atoms with van der Waals surface area (Å²) in [7, 11) is 0. The molecular formula is C23H26N2O6. The van der Waals surface area contributed by atoms with Gasteiger partial charge >= 0.3 is 18.2 Å². The van der Waals surface area contributed by atoms with E-state index in [1.54, 1.807) is 13.8 Å². The van der Waals surface area contributed by atoms with Crippen LogP contribution in [0, 0.1) is 0 Å². The van der Waals surface area contributed by atoms with Crippen LogP contribution in [0.15, 0.2) is 72.8 Å². The molecule has 8 heteroatoms. The number of amides is 2. The second-order valence-electron chi connectivity index (χ2n) is 6.44. The number of carbonyl (C=O) groups excluding carboxylic acids is 3. The predicted molar refractivity (Wildman–Crippen MR) is 113 cm³/mol. The van der Waals surface area contributed by atoms with Crippen LogP contribution in [0.1, 0.15) is 25.0 Å². The zero-order valence-electron chi connectivity index (χ0n) is 17.5. The summed E-state index contributed by atoms with van der Waals surface area (Å²) in [5.74, 6) is -0.557. The molecule has 0 radical (unpaired) electrons. The maximum absolute atomic E-state index is 12.6. The molecule has 2 amide bonds. The minimum absolute atomic E-state index is 0.0191. The maximum Gasteiger partial charge on any atom is 0.429 e. The van der Waals surface area contributed by atoms with Crippen LogP contribution in [-0.4, -0.2) is 35.8 Å². The molecule has 0 unspecified atom stereocenters. The molecule has 0 aliphatic rings. The van der Waals surface area contributed by atoms with Crippen LogP contribution < -0.4 is 5.43 Å². The lowest BCUT2D eigenvalue weighted by atomic mass is 10.2. The van der Waals surface area contributed by atoms with E-state index in [0.29, 0.717) is 0 Å². The first-order valence-corrected chi connectivity index (χ1v) is 9.81. The molecule has 31 heavy (non-hydrogen) atoms. The highest BCUT2D eigenvalue weighted by molar-refractivity contribution is 5.82. The van der Waals surface area contributed by atoms with E-state index in [1.807, 2.05) is 60.7 Å². The van der Waals surface area contributed by atoms with Crippen molar-refractivity contribution in [1.82, 2.24) is 10.4 Å². The largest absolute Gasteiger partial charge is 0.463 e. The van der Waals surface area contributed by atoms with Gasteiger partial charge in [-0.15, -0.1) is 0 Å². The molecule has 0 bridgehead atoms. The number of carbonyl (C=O) groups is 3. The molecule has 0 heterocycles. The van der Waals surface area contributed by atoms with Gasteiger partial charge in [0.15, 0.2) is 0 Å². The van der Waals surface area contributed by atoms with Crippen molar-refractivity contribution in [2.75, 3.05) is 6.61 Å². The fourth-order valence-corrected chi connectivity index (χ4v) is 2.45. The zero-order valence-corrected chi connectivity index (χ0v) is 17.5. The van der Waals surface area contributed by atoms with E-state index in [0.717, 1.165) is 16.1 Å². The number of esters is 1. The molecule has 0 aliphatic heterocycles. The number of nitrogens with one attached hydrogen (secondary N) is 1. The molecule has 0 fully saturated rings. The Bertz CT molecular complexity index is 870. The van der Waals surface area contributed by atoms with Crippen LogP contribution in [0.2, 0.25) is 0 Å². The quantitative estimate of drug-likeness (QED) is 0.297. The number of hydrazine groups is 1. The third-order valence-corrected chi connectivity index (χ3v) is 4.03. The Morgan fingerprint density at radius 3 is 2.00 bits per heavy atom. The molecular weight excluding hydrogens is 400 g/mol. The van der Waals surface area contributed by atoms with Crippen molar-refractivity contribution in [3.05, 3.63) is 83.9 Å². The van der Waals surface area contributed by atoms with E-state index in [9.17, 15) is 14.4 Å². The Balaban J connectivity index is 2.01. The Morgan fingerprint density at radius 2 is 1.45 bits per heavy atom. The van der Waals surface area contributed by atoms with E-state index in [2.05, 4.69) is 5.43 Å². The van der Waals surface area contributed by atoms with Crippen molar-refractivity contribution in [1.29, 1.82) is 0 Å². The number of rotatable bonds is 8. The van der Waals surface area contributed by atoms with E-state index in [1.165, 1.54) is 12.2 Å². The summed E-state index contributed by atoms with van der Waals surface area (Å²) in [6.45, 7) is 3.58. The SMILES string of the molecule is CCOC(=O)/C=C/[C@@H](C)N(NC(=O)OCc1ccccc1)C(=O)OCc1ccccc1. The van der Waals surface area contributed by atoms with Gasteiger partial charge in [0.25, 0.3) is 0 Å². The summed E-state index contributed by atoms with van der Waals surface area (Å²) >= 11 is 0. The fourth-order valence-electron chi connectivity index (χ4n) is 2.45. The molecule has 1 atom stereocenters. The molecule has 2 rings (SSSR count). The predicted octanol–water partition coefficient (Wildman–Crippen LogP) is 3.97. The first-order chi connectivity index (χ1) is 15.0. The average Bonchev–Trinajstić information content (AvgIpc) is 2.79. The highest BCUT2D eigenvalue weighted by Crippen LogP contribution is 2.07. The van der Waals surface area contributed by atoms with Crippen LogP contribution in [0.3, 0.4) is 0 Å². The van der Waals surface area contributed by atoms with Crippen molar-refractivity contribution in [2.45, 2.75) is 33.1 Å². The molecule has 8 nitrogen and oxygen atoms in total. The third-order valence-electron chi connectivity index (χ3n) is 4.03. The monoisotopic (exact) mass is 426 g/mol. The van der Waals surface area contributed by atoms with Crippen LogP contribution in [0.5, 0.6) is 0 Å². The van der Waals surface area contributed by atoms with Gasteiger partial charge < -0.3 is 14.2 Å². The van der Waals surface area contributed by atoms with Gasteiger partial charge in [-0.05, 0) is 25.0 Å². The van der Waals surface area contributed by atoms with Crippen LogP contribution in [-0.2, 0) is 32.2 Å². The summed E-state index contributed by atoms with van der Waals surface area (Å²) in [5, 5.41) is 0.950. The van der Waals surface area contributed by atoms with E-state index < -0.39 is 24.2 Å². The summed E-state index contributed by atoms with van der Waals surface area (Å²) in [6.07, 6.45) is 0.959. The summed E-state index contributed by atoms with van der Waals surface area (Å²) in [4.78, 5) is 36.5. The third kappa shape index (κ3) is 8.61. The number of ether oxygens (including phenoxy) is 3. The van der Waals surface area contributed by atoms with E-state index in [4.69, 9.17) is 14.2 Å². The van der Waals surface area contributed by atoms with Gasteiger partial charge in [-0.3, -0.25) is 0 Å². The van der Waals surface area contributed by atoms with Gasteiger partial charge in [0.2, 0.25) is 0 Å². The van der Waals surface area contributed by atoms with Gasteiger partial charge in [0.1, 0.15) is 13.2 Å². The molecule has 0 spiro atoms. The smallest absolute Gasteiger partial charge is 0.429 e. The summed E-state index contributed by atoms with van der Waals surface area (Å²) < 4.78 is 15.3. The van der Waals surface area contributed by atoms with Crippen molar-refractivity contribution in [2.24, 2.45) is 0 Å². The lowest BCUT2D eigenvalue weighted by Crippen LogP contribution is -2.50. The Hall–Kier alpha value is -3.81. The lowest BCUT2D eigenvalue weighted by molar-refractivity contribution is -0.137. The Morgan fingerprint density at radius 1 is 0.903 bits per heavy atom. The van der Waals surface area contributed by atoms with Crippen LogP contribution in [0.4, 0.5) is 9.59 Å². The molecule has 0 saturated carbocycles. The minimum Gasteiger partial charge on any atom is -0.463 e. The van der Waals surface area contributed by atoms with E-state index in [-0.39, 0.29) is 19.8 Å². The minimum atomic E-state index is -0.836. The maximum atomic E-state index is 12.6. The molecule has 0 saturated heterocycles. The van der Waals surface area contributed by atoms with Gasteiger partial charge in [0, 0.05) is 6.08 Å². The van der Waals surface area contributed by atoms with Crippen molar-refractivity contribution in [3.8, 4) is 0 Å². The molecule has 2 aromatic rings. The van der Waals surface area contributed by atoms with Gasteiger partial charge in [-0.25, -0.2) is 24.8 Å². The molecule has 0 aromatic heterocycles. The standard InChI is InChI=1S/C23H26N2O6/c1-3-29-21(26)15-14-18(2)25(23(28)31-17-20-12-8-5-9-13-20)24-22(27)30-16-19-10-6-4-7-11-19/h4-15,18H,3,16-17H2,1-2H3,(H,24,27)/b15-14+/t18-/m1/s1. The zero-order chi connectivity index (χ0) is 22.5. The lowest BCUT2D eigenvalue weighted by Gasteiger charge is -2.26. The first kappa shape index (κ1) is 23.5. The summed E-state index contributed by atoms with van der Waals surface area (Å²) in [5.41, 5.74) is 3.96. The van der Waals surface area contributed by atoms with E-state index >= 15 is 0 Å². The highest BCUT2D eigenvalue weighted by atomic mass is 16.6. The normalized spacial score (nSPS) is 11.4. The Kier molecular flexibility index (Phi) is 9.61. The fraction of sp³-hybridized carbons (Fsp3) is 0.261. The first-order valence-electron chi connectivity index (χ1n) is 9.81. The Labute approximate surface area is 181 Å². The van der Waals surface area contributed by atoms with Gasteiger partial charge in [-0.2, -0.15) is 0 Å². The number of hydrogen-bond donors (Lipinski definition) is 1. The van der Waals surface area contributed by atoms with Crippen molar-refractivity contribution < 1.29 is 28.6 Å². The second-order valence-corrected chi connectivity index (χ2v) is 6.44. The molecule has 2 aromatic carbocycles. The number of hydrogen-bond acceptors (Lipinski definition) is 6. The average molecular weight is 426 g/mol. The topological polar surface area (TPSA) is 94.2 Å². The van der Waals surface area contributed by atoms with Crippen molar-refractivity contribution >= 4 is 18.2 Å². The number of nitrogens with zero attached hydrogens (tertiary/aromatic N) is 1.